The quantitative estimate of drug-likeness (QED) is 0.820. The third-order valence-corrected chi connectivity index (χ3v) is 4.20. The fourth-order valence-corrected chi connectivity index (χ4v) is 2.52. The van der Waals surface area contributed by atoms with Gasteiger partial charge in [-0.2, -0.15) is 0 Å². The third-order valence-electron chi connectivity index (χ3n) is 3.95. The zero-order chi connectivity index (χ0) is 18.2. The smallest absolute Gasteiger partial charge is 0.222 e. The van der Waals surface area contributed by atoms with Crippen LogP contribution in [0.5, 0.6) is 0 Å². The van der Waals surface area contributed by atoms with Crippen molar-refractivity contribution in [2.45, 2.75) is 33.4 Å². The molecule has 1 N–H and O–H groups in total. The highest BCUT2D eigenvalue weighted by molar-refractivity contribution is 6.30. The van der Waals surface area contributed by atoms with Gasteiger partial charge >= 0.3 is 0 Å². The van der Waals surface area contributed by atoms with E-state index in [9.17, 15) is 9.59 Å². The number of amides is 2. The number of carbonyl (C=O) groups excluding carboxylic acids is 2. The molecule has 2 aromatic rings. The Morgan fingerprint density at radius 1 is 1.00 bits per heavy atom. The molecule has 25 heavy (non-hydrogen) atoms. The van der Waals surface area contributed by atoms with Crippen molar-refractivity contribution >= 4 is 23.4 Å². The van der Waals surface area contributed by atoms with Crippen LogP contribution in [0.1, 0.15) is 30.0 Å². The highest BCUT2D eigenvalue weighted by atomic mass is 35.5. The zero-order valence-corrected chi connectivity index (χ0v) is 15.3. The number of halogens is 1. The highest BCUT2D eigenvalue weighted by Gasteiger charge is 2.12. The number of nitrogens with zero attached hydrogens (tertiary/aromatic N) is 1. The number of hydrogen-bond acceptors (Lipinski definition) is 2. The summed E-state index contributed by atoms with van der Waals surface area (Å²) in [5.74, 6) is -0.121. The molecule has 0 spiro atoms. The molecule has 2 rings (SSSR count). The Hall–Kier alpha value is -2.33. The van der Waals surface area contributed by atoms with Crippen LogP contribution in [0.4, 0.5) is 0 Å². The van der Waals surface area contributed by atoms with Crippen molar-refractivity contribution in [3.63, 3.8) is 0 Å². The van der Waals surface area contributed by atoms with Crippen LogP contribution in [0, 0.1) is 6.92 Å². The molecule has 2 amide bonds. The molecule has 0 saturated heterocycles. The van der Waals surface area contributed by atoms with Crippen molar-refractivity contribution in [2.75, 3.05) is 6.54 Å². The number of nitrogens with one attached hydrogen (secondary N) is 1. The summed E-state index contributed by atoms with van der Waals surface area (Å²) in [6.07, 6.45) is 0.277. The van der Waals surface area contributed by atoms with Crippen LogP contribution in [-0.4, -0.2) is 23.3 Å². The second-order valence-corrected chi connectivity index (χ2v) is 6.52. The summed E-state index contributed by atoms with van der Waals surface area (Å²) in [7, 11) is 0. The molecule has 0 bridgehead atoms. The number of benzene rings is 2. The molecular weight excluding hydrogens is 336 g/mol. The molecule has 0 aromatic heterocycles. The minimum Gasteiger partial charge on any atom is -0.352 e. The van der Waals surface area contributed by atoms with Gasteiger partial charge in [-0.3, -0.25) is 9.59 Å². The van der Waals surface area contributed by atoms with Crippen LogP contribution in [0.25, 0.3) is 0 Å². The lowest BCUT2D eigenvalue weighted by atomic mass is 10.1. The highest BCUT2D eigenvalue weighted by Crippen LogP contribution is 2.12. The molecule has 5 heteroatoms. The van der Waals surface area contributed by atoms with Gasteiger partial charge in [0.15, 0.2) is 0 Å². The van der Waals surface area contributed by atoms with Crippen molar-refractivity contribution in [1.82, 2.24) is 10.2 Å². The van der Waals surface area contributed by atoms with Crippen LogP contribution >= 0.6 is 11.6 Å². The van der Waals surface area contributed by atoms with E-state index in [4.69, 9.17) is 11.6 Å². The number of rotatable bonds is 7. The Kier molecular flexibility index (Phi) is 7.02. The van der Waals surface area contributed by atoms with E-state index in [1.54, 1.807) is 17.0 Å². The standard InChI is InChI=1S/C20H23ClN2O2/c1-15-3-5-17(6-4-15)13-22-20(25)11-12-23(16(2)24)14-18-7-9-19(21)10-8-18/h3-10H,11-14H2,1-2H3,(H,22,25). The first-order valence-electron chi connectivity index (χ1n) is 8.26. The van der Waals surface area contributed by atoms with Crippen molar-refractivity contribution in [3.8, 4) is 0 Å². The van der Waals surface area contributed by atoms with E-state index in [2.05, 4.69) is 5.32 Å². The topological polar surface area (TPSA) is 49.4 Å². The average Bonchev–Trinajstić information content (AvgIpc) is 2.59. The SMILES string of the molecule is CC(=O)N(CCC(=O)NCc1ccc(C)cc1)Cc1ccc(Cl)cc1. The normalized spacial score (nSPS) is 10.4. The predicted octanol–water partition coefficient (Wildman–Crippen LogP) is 3.70. The van der Waals surface area contributed by atoms with Gasteiger partial charge in [0.05, 0.1) is 0 Å². The monoisotopic (exact) mass is 358 g/mol. The van der Waals surface area contributed by atoms with Crippen molar-refractivity contribution in [2.24, 2.45) is 0 Å². The third kappa shape index (κ3) is 6.59. The Morgan fingerprint density at radius 2 is 1.60 bits per heavy atom. The van der Waals surface area contributed by atoms with Crippen LogP contribution < -0.4 is 5.32 Å². The maximum absolute atomic E-state index is 12.0. The summed E-state index contributed by atoms with van der Waals surface area (Å²) in [5.41, 5.74) is 3.23. The van der Waals surface area contributed by atoms with E-state index in [0.717, 1.165) is 11.1 Å². The maximum atomic E-state index is 12.0. The molecule has 0 aliphatic carbocycles. The molecule has 0 aliphatic heterocycles. The van der Waals surface area contributed by atoms with Gasteiger partial charge in [-0.15, -0.1) is 0 Å². The minimum absolute atomic E-state index is 0.0544. The van der Waals surface area contributed by atoms with Crippen LogP contribution in [0.3, 0.4) is 0 Å². The Balaban J connectivity index is 1.81. The molecule has 0 aliphatic rings. The van der Waals surface area contributed by atoms with Gasteiger partial charge in [-0.05, 0) is 30.2 Å². The summed E-state index contributed by atoms with van der Waals surface area (Å²) in [4.78, 5) is 25.5. The van der Waals surface area contributed by atoms with Gasteiger partial charge < -0.3 is 10.2 Å². The van der Waals surface area contributed by atoms with E-state index < -0.39 is 0 Å². The summed E-state index contributed by atoms with van der Waals surface area (Å²) in [6, 6.07) is 15.4. The van der Waals surface area contributed by atoms with Crippen molar-refractivity contribution in [1.29, 1.82) is 0 Å². The summed E-state index contributed by atoms with van der Waals surface area (Å²) < 4.78 is 0. The number of aryl methyl sites for hydroxylation is 1. The Bertz CT molecular complexity index is 711. The lowest BCUT2D eigenvalue weighted by Crippen LogP contribution is -2.33. The van der Waals surface area contributed by atoms with Gasteiger partial charge in [0.25, 0.3) is 0 Å². The first-order chi connectivity index (χ1) is 11.9. The second-order valence-electron chi connectivity index (χ2n) is 6.08. The van der Waals surface area contributed by atoms with E-state index in [1.807, 2.05) is 43.3 Å². The van der Waals surface area contributed by atoms with Crippen LogP contribution in [0.15, 0.2) is 48.5 Å². The lowest BCUT2D eigenvalue weighted by Gasteiger charge is -2.21. The second kappa shape index (κ2) is 9.23. The molecule has 4 nitrogen and oxygen atoms in total. The first kappa shape index (κ1) is 19.0. The van der Waals surface area contributed by atoms with Gasteiger partial charge in [-0.1, -0.05) is 53.6 Å². The molecular formula is C20H23ClN2O2. The average molecular weight is 359 g/mol. The van der Waals surface area contributed by atoms with Gasteiger partial charge in [0.2, 0.25) is 11.8 Å². The van der Waals surface area contributed by atoms with Crippen LogP contribution in [0.2, 0.25) is 5.02 Å². The number of carbonyl (C=O) groups is 2. The summed E-state index contributed by atoms with van der Waals surface area (Å²) in [6.45, 7) is 4.89. The molecule has 2 aromatic carbocycles. The van der Waals surface area contributed by atoms with Crippen molar-refractivity contribution in [3.05, 3.63) is 70.2 Å². The molecule has 0 atom stereocenters. The van der Waals surface area contributed by atoms with Gasteiger partial charge in [0.1, 0.15) is 0 Å². The van der Waals surface area contributed by atoms with Gasteiger partial charge in [0, 0.05) is 38.0 Å². The van der Waals surface area contributed by atoms with Crippen molar-refractivity contribution < 1.29 is 9.59 Å². The van der Waals surface area contributed by atoms with E-state index in [-0.39, 0.29) is 18.2 Å². The first-order valence-corrected chi connectivity index (χ1v) is 8.64. The minimum atomic E-state index is -0.0667. The lowest BCUT2D eigenvalue weighted by molar-refractivity contribution is -0.130. The molecule has 0 radical (unpaired) electrons. The molecule has 132 valence electrons. The molecule has 0 saturated carbocycles. The summed E-state index contributed by atoms with van der Waals surface area (Å²) in [5, 5.41) is 3.55. The maximum Gasteiger partial charge on any atom is 0.222 e. The zero-order valence-electron chi connectivity index (χ0n) is 14.6. The Morgan fingerprint density at radius 3 is 2.20 bits per heavy atom. The molecule has 0 heterocycles. The summed E-state index contributed by atoms with van der Waals surface area (Å²) >= 11 is 5.87. The van der Waals surface area contributed by atoms with Crippen LogP contribution in [-0.2, 0) is 22.7 Å². The molecule has 0 fully saturated rings. The fraction of sp³-hybridized carbons (Fsp3) is 0.300. The number of hydrogen-bond donors (Lipinski definition) is 1. The van der Waals surface area contributed by atoms with Gasteiger partial charge in [-0.25, -0.2) is 0 Å². The Labute approximate surface area is 153 Å². The van der Waals surface area contributed by atoms with E-state index >= 15 is 0 Å². The largest absolute Gasteiger partial charge is 0.352 e. The fourth-order valence-electron chi connectivity index (χ4n) is 2.39. The van der Waals surface area contributed by atoms with E-state index in [0.29, 0.717) is 24.7 Å². The predicted molar refractivity (Wildman–Crippen MR) is 100 cm³/mol. The van der Waals surface area contributed by atoms with E-state index in [1.165, 1.54) is 12.5 Å². The molecule has 0 unspecified atom stereocenters.